The van der Waals surface area contributed by atoms with Gasteiger partial charge in [0.1, 0.15) is 18.4 Å². The average Bonchev–Trinajstić information content (AvgIpc) is 3.41. The molecule has 2 fully saturated rings. The summed E-state index contributed by atoms with van der Waals surface area (Å²) >= 11 is 0. The van der Waals surface area contributed by atoms with Crippen molar-refractivity contribution >= 4 is 29.4 Å². The lowest BCUT2D eigenvalue weighted by Crippen LogP contribution is -2.48. The first-order chi connectivity index (χ1) is 17.2. The van der Waals surface area contributed by atoms with Crippen molar-refractivity contribution in [1.82, 2.24) is 20.3 Å². The van der Waals surface area contributed by atoms with Gasteiger partial charge in [0.2, 0.25) is 5.95 Å². The molecule has 3 aliphatic rings. The maximum Gasteiger partial charge on any atom is 0.330 e. The molecular weight excluding hydrogens is 466 g/mol. The molecule has 12 nitrogen and oxygen atoms in total. The van der Waals surface area contributed by atoms with E-state index in [2.05, 4.69) is 30.5 Å². The molecule has 3 amide bonds. The van der Waals surface area contributed by atoms with Gasteiger partial charge in [-0.25, -0.2) is 19.7 Å². The predicted molar refractivity (Wildman–Crippen MR) is 131 cm³/mol. The van der Waals surface area contributed by atoms with Crippen LogP contribution in [0.4, 0.5) is 22.2 Å². The molecular formula is C24H31N7O5. The number of hydrogen-bond acceptors (Lipinski definition) is 9. The zero-order valence-corrected chi connectivity index (χ0v) is 20.9. The molecule has 0 aliphatic carbocycles. The van der Waals surface area contributed by atoms with Gasteiger partial charge in [-0.15, -0.1) is 0 Å². The molecule has 2 saturated heterocycles. The average molecular weight is 498 g/mol. The second-order valence-electron chi connectivity index (χ2n) is 9.86. The summed E-state index contributed by atoms with van der Waals surface area (Å²) in [6.07, 6.45) is 3.62. The number of nitrogens with one attached hydrogen (secondary N) is 2. The predicted octanol–water partition coefficient (Wildman–Crippen LogP) is 2.17. The van der Waals surface area contributed by atoms with E-state index in [1.165, 1.54) is 12.4 Å². The quantitative estimate of drug-likeness (QED) is 0.616. The minimum absolute atomic E-state index is 0.0235. The Morgan fingerprint density at radius 3 is 2.72 bits per heavy atom. The van der Waals surface area contributed by atoms with Crippen molar-refractivity contribution < 1.29 is 23.8 Å². The van der Waals surface area contributed by atoms with Gasteiger partial charge in [0.05, 0.1) is 30.7 Å². The largest absolute Gasteiger partial charge is 0.488 e. The maximum absolute atomic E-state index is 13.3. The molecule has 36 heavy (non-hydrogen) atoms. The van der Waals surface area contributed by atoms with Crippen molar-refractivity contribution in [2.75, 3.05) is 41.4 Å². The lowest BCUT2D eigenvalue weighted by molar-refractivity contribution is -0.141. The molecule has 0 radical (unpaired) electrons. The number of rotatable bonds is 6. The highest BCUT2D eigenvalue weighted by atomic mass is 16.7. The van der Waals surface area contributed by atoms with Crippen LogP contribution in [0, 0.1) is 0 Å². The fourth-order valence-electron chi connectivity index (χ4n) is 4.58. The molecule has 0 aromatic carbocycles. The molecule has 5 rings (SSSR count). The Balaban J connectivity index is 1.27. The normalized spacial score (nSPS) is 21.9. The third kappa shape index (κ3) is 5.05. The first kappa shape index (κ1) is 24.2. The second kappa shape index (κ2) is 9.51. The third-order valence-electron chi connectivity index (χ3n) is 6.17. The van der Waals surface area contributed by atoms with E-state index < -0.39 is 11.8 Å². The first-order valence-corrected chi connectivity index (χ1v) is 12.1. The highest BCUT2D eigenvalue weighted by Gasteiger charge is 2.41. The Kier molecular flexibility index (Phi) is 6.39. The van der Waals surface area contributed by atoms with E-state index in [0.717, 1.165) is 18.7 Å². The van der Waals surface area contributed by atoms with E-state index in [4.69, 9.17) is 14.2 Å². The van der Waals surface area contributed by atoms with E-state index in [0.29, 0.717) is 31.3 Å². The summed E-state index contributed by atoms with van der Waals surface area (Å²) in [4.78, 5) is 42.7. The maximum atomic E-state index is 13.3. The number of amides is 3. The lowest BCUT2D eigenvalue weighted by Gasteiger charge is -2.35. The number of carbonyl (C=O) groups is 2. The van der Waals surface area contributed by atoms with E-state index >= 15 is 0 Å². The molecule has 2 N–H and O–H groups in total. The van der Waals surface area contributed by atoms with Crippen molar-refractivity contribution in [2.45, 2.75) is 58.1 Å². The third-order valence-corrected chi connectivity index (χ3v) is 6.17. The highest BCUT2D eigenvalue weighted by Crippen LogP contribution is 2.39. The SMILES string of the molecule is CC(C)NC(=O)c1ccc2c(n1)N(C(=O)Nc1ncc(OC[C@@H]3COC(C)(C)O3)cn1)[C@H]1CCN2C1. The van der Waals surface area contributed by atoms with Gasteiger partial charge >= 0.3 is 6.03 Å². The molecule has 0 saturated carbocycles. The number of hydrogen-bond donors (Lipinski definition) is 2. The Hall–Kier alpha value is -3.51. The number of aromatic nitrogens is 3. The zero-order chi connectivity index (χ0) is 25.4. The van der Waals surface area contributed by atoms with Crippen molar-refractivity contribution in [3.05, 3.63) is 30.2 Å². The van der Waals surface area contributed by atoms with Gasteiger partial charge in [0.15, 0.2) is 17.4 Å². The Labute approximate surface area is 209 Å². The number of anilines is 3. The lowest BCUT2D eigenvalue weighted by atomic mass is 10.1. The van der Waals surface area contributed by atoms with Crippen molar-refractivity contribution in [2.24, 2.45) is 0 Å². The van der Waals surface area contributed by atoms with E-state index in [9.17, 15) is 9.59 Å². The van der Waals surface area contributed by atoms with Crippen LogP contribution in [0.2, 0.25) is 0 Å². The Morgan fingerprint density at radius 2 is 2.03 bits per heavy atom. The summed E-state index contributed by atoms with van der Waals surface area (Å²) in [5.41, 5.74) is 1.09. The molecule has 2 atom stereocenters. The summed E-state index contributed by atoms with van der Waals surface area (Å²) in [7, 11) is 0. The summed E-state index contributed by atoms with van der Waals surface area (Å²) < 4.78 is 17.0. The van der Waals surface area contributed by atoms with Gasteiger partial charge in [-0.05, 0) is 46.2 Å². The fraction of sp³-hybridized carbons (Fsp3) is 0.542. The standard InChI is InChI=1S/C24H31N7O5/c1-14(2)27-21(32)18-5-6-19-20(28-18)31(15-7-8-30(19)11-15)23(33)29-22-25-9-16(10-26-22)34-12-17-13-35-24(3,4)36-17/h5-6,9-10,14-15,17H,7-8,11-13H2,1-4H3,(H,27,32)(H,25,26,29,33)/t15-,17+/m0/s1. The smallest absolute Gasteiger partial charge is 0.330 e. The molecule has 3 aliphatic heterocycles. The van der Waals surface area contributed by atoms with Crippen LogP contribution in [-0.2, 0) is 9.47 Å². The first-order valence-electron chi connectivity index (χ1n) is 12.1. The summed E-state index contributed by atoms with van der Waals surface area (Å²) in [5, 5.41) is 5.60. The van der Waals surface area contributed by atoms with E-state index in [-0.39, 0.29) is 35.7 Å². The van der Waals surface area contributed by atoms with Crippen molar-refractivity contribution in [1.29, 1.82) is 0 Å². The van der Waals surface area contributed by atoms with E-state index in [1.807, 2.05) is 33.8 Å². The molecule has 192 valence electrons. The van der Waals surface area contributed by atoms with Gasteiger partial charge in [-0.2, -0.15) is 0 Å². The van der Waals surface area contributed by atoms with Crippen LogP contribution in [0.3, 0.4) is 0 Å². The zero-order valence-electron chi connectivity index (χ0n) is 20.9. The molecule has 5 heterocycles. The fourth-order valence-corrected chi connectivity index (χ4v) is 4.58. The Bertz CT molecular complexity index is 1140. The highest BCUT2D eigenvalue weighted by molar-refractivity contribution is 6.04. The number of pyridine rings is 1. The molecule has 2 aromatic rings. The van der Waals surface area contributed by atoms with Crippen LogP contribution in [0.1, 0.15) is 44.6 Å². The van der Waals surface area contributed by atoms with Crippen LogP contribution in [0.5, 0.6) is 5.75 Å². The number of ether oxygens (including phenoxy) is 3. The van der Waals surface area contributed by atoms with Gasteiger partial charge in [0, 0.05) is 19.1 Å². The number of fused-ring (bicyclic) bond motifs is 4. The minimum atomic E-state index is -0.615. The minimum Gasteiger partial charge on any atom is -0.488 e. The number of carbonyl (C=O) groups excluding carboxylic acids is 2. The van der Waals surface area contributed by atoms with Crippen molar-refractivity contribution in [3.8, 4) is 5.75 Å². The monoisotopic (exact) mass is 497 g/mol. The van der Waals surface area contributed by atoms with Crippen LogP contribution in [-0.4, -0.2) is 77.2 Å². The molecule has 0 spiro atoms. The van der Waals surface area contributed by atoms with Crippen LogP contribution in [0.15, 0.2) is 24.5 Å². The van der Waals surface area contributed by atoms with Gasteiger partial charge < -0.3 is 24.4 Å². The van der Waals surface area contributed by atoms with Gasteiger partial charge in [-0.3, -0.25) is 15.0 Å². The molecule has 0 unspecified atom stereocenters. The number of nitrogens with zero attached hydrogens (tertiary/aromatic N) is 5. The van der Waals surface area contributed by atoms with Crippen LogP contribution < -0.4 is 25.2 Å². The van der Waals surface area contributed by atoms with E-state index in [1.54, 1.807) is 11.0 Å². The topological polar surface area (TPSA) is 131 Å². The van der Waals surface area contributed by atoms with Crippen LogP contribution >= 0.6 is 0 Å². The molecule has 12 heteroatoms. The number of urea groups is 1. The molecule has 2 aromatic heterocycles. The summed E-state index contributed by atoms with van der Waals surface area (Å²) in [6, 6.07) is 3.06. The Morgan fingerprint density at radius 1 is 1.25 bits per heavy atom. The summed E-state index contributed by atoms with van der Waals surface area (Å²) in [6.45, 7) is 9.76. The van der Waals surface area contributed by atoms with Crippen molar-refractivity contribution in [3.63, 3.8) is 0 Å². The van der Waals surface area contributed by atoms with Gasteiger partial charge in [-0.1, -0.05) is 0 Å². The van der Waals surface area contributed by atoms with Crippen LogP contribution in [0.25, 0.3) is 0 Å². The van der Waals surface area contributed by atoms with Gasteiger partial charge in [0.25, 0.3) is 5.91 Å². The molecule has 2 bridgehead atoms. The summed E-state index contributed by atoms with van der Waals surface area (Å²) in [5.74, 6) is 0.163. The second-order valence-corrected chi connectivity index (χ2v) is 9.86.